The van der Waals surface area contributed by atoms with Crippen molar-refractivity contribution in [1.29, 1.82) is 5.26 Å². The van der Waals surface area contributed by atoms with Crippen LogP contribution in [0.15, 0.2) is 20.7 Å². The lowest BCUT2D eigenvalue weighted by Crippen LogP contribution is -2.21. The van der Waals surface area contributed by atoms with Crippen molar-refractivity contribution in [2.45, 2.75) is 76.2 Å². The van der Waals surface area contributed by atoms with Gasteiger partial charge in [0.1, 0.15) is 20.6 Å². The largest absolute Gasteiger partial charge is 0.390 e. The van der Waals surface area contributed by atoms with Crippen LogP contribution >= 0.6 is 11.3 Å². The molecule has 8 nitrogen and oxygen atoms in total. The van der Waals surface area contributed by atoms with Crippen LogP contribution < -0.4 is 4.72 Å². The molecule has 2 aromatic rings. The van der Waals surface area contributed by atoms with E-state index in [1.165, 1.54) is 26.0 Å². The number of aliphatic hydroxyl groups excluding tert-OH is 1. The van der Waals surface area contributed by atoms with Gasteiger partial charge >= 0.3 is 0 Å². The van der Waals surface area contributed by atoms with E-state index < -0.39 is 33.8 Å². The zero-order chi connectivity index (χ0) is 25.1. The molecule has 0 aliphatic rings. The Bertz CT molecular complexity index is 1170. The lowest BCUT2D eigenvalue weighted by molar-refractivity contribution is -0.117. The van der Waals surface area contributed by atoms with Crippen molar-refractivity contribution in [3.63, 3.8) is 0 Å². The van der Waals surface area contributed by atoms with Crippen LogP contribution in [0.4, 0.5) is 4.39 Å². The van der Waals surface area contributed by atoms with E-state index in [9.17, 15) is 28.9 Å². The summed E-state index contributed by atoms with van der Waals surface area (Å²) in [5.74, 6) is -1.32. The van der Waals surface area contributed by atoms with Gasteiger partial charge in [-0.25, -0.2) is 18.3 Å². The minimum Gasteiger partial charge on any atom is -0.390 e. The standard InChI is InChI=1S/C22H29FN4O4S2/c1-12(2)15-7-14(23)8-16(13(3)4)17(15)9-19(29)27-33(31,25-11-24)20-18(10-28)26-21(32-20)22(5,6)30/h7-8,12-13,28,30H,9-10H2,1-6H3,(H,25,27,29,31). The summed E-state index contributed by atoms with van der Waals surface area (Å²) >= 11 is 0.799. The molecule has 3 N–H and O–H groups in total. The van der Waals surface area contributed by atoms with E-state index in [1.807, 2.05) is 27.7 Å². The maximum absolute atomic E-state index is 14.2. The number of aliphatic hydroxyl groups is 2. The van der Waals surface area contributed by atoms with Crippen LogP contribution in [-0.4, -0.2) is 25.3 Å². The van der Waals surface area contributed by atoms with E-state index in [0.717, 1.165) is 11.3 Å². The molecular weight excluding hydrogens is 467 g/mol. The van der Waals surface area contributed by atoms with Gasteiger partial charge in [-0.05, 0) is 54.5 Å². The number of nitriles is 1. The van der Waals surface area contributed by atoms with Crippen LogP contribution in [-0.2, 0) is 33.3 Å². The summed E-state index contributed by atoms with van der Waals surface area (Å²) in [6.07, 6.45) is 1.32. The van der Waals surface area contributed by atoms with Gasteiger partial charge in [0.2, 0.25) is 0 Å². The predicted octanol–water partition coefficient (Wildman–Crippen LogP) is 3.83. The molecule has 0 radical (unpaired) electrons. The summed E-state index contributed by atoms with van der Waals surface area (Å²) in [6, 6.07) is 2.76. The van der Waals surface area contributed by atoms with E-state index in [1.54, 1.807) is 6.19 Å². The molecule has 0 bridgehead atoms. The lowest BCUT2D eigenvalue weighted by atomic mass is 9.87. The van der Waals surface area contributed by atoms with Crippen LogP contribution in [0.5, 0.6) is 0 Å². The van der Waals surface area contributed by atoms with Gasteiger partial charge in [-0.15, -0.1) is 15.7 Å². The third-order valence-corrected chi connectivity index (χ3v) is 8.56. The molecular formula is C22H29FN4O4S2. The van der Waals surface area contributed by atoms with Gasteiger partial charge in [-0.2, -0.15) is 5.26 Å². The van der Waals surface area contributed by atoms with Crippen molar-refractivity contribution in [2.75, 3.05) is 0 Å². The van der Waals surface area contributed by atoms with Gasteiger partial charge < -0.3 is 10.2 Å². The van der Waals surface area contributed by atoms with Crippen molar-refractivity contribution in [3.8, 4) is 6.19 Å². The molecule has 1 atom stereocenters. The summed E-state index contributed by atoms with van der Waals surface area (Å²) in [7, 11) is -3.82. The lowest BCUT2D eigenvalue weighted by Gasteiger charge is -2.19. The van der Waals surface area contributed by atoms with Crippen molar-refractivity contribution in [2.24, 2.45) is 4.36 Å². The second kappa shape index (κ2) is 10.3. The second-order valence-corrected chi connectivity index (χ2v) is 11.8. The number of nitrogens with one attached hydrogen (secondary N) is 1. The highest BCUT2D eigenvalue weighted by Gasteiger charge is 2.29. The molecule has 1 unspecified atom stereocenters. The molecule has 1 aromatic carbocycles. The van der Waals surface area contributed by atoms with E-state index in [4.69, 9.17) is 0 Å². The number of rotatable bonds is 8. The summed E-state index contributed by atoms with van der Waals surface area (Å²) in [5.41, 5.74) is 0.475. The van der Waals surface area contributed by atoms with E-state index in [-0.39, 0.29) is 33.2 Å². The third-order valence-electron chi connectivity index (χ3n) is 4.86. The van der Waals surface area contributed by atoms with E-state index in [0.29, 0.717) is 16.7 Å². The number of aromatic nitrogens is 1. The van der Waals surface area contributed by atoms with Gasteiger partial charge in [0.15, 0.2) is 16.1 Å². The molecule has 0 spiro atoms. The maximum atomic E-state index is 14.2. The fraction of sp³-hybridized carbons (Fsp3) is 0.500. The Morgan fingerprint density at radius 1 is 1.30 bits per heavy atom. The Hall–Kier alpha value is -2.39. The Kier molecular flexibility index (Phi) is 8.35. The number of hydrogen-bond acceptors (Lipinski definition) is 7. The monoisotopic (exact) mass is 496 g/mol. The fourth-order valence-corrected chi connectivity index (χ4v) is 6.19. The summed E-state index contributed by atoms with van der Waals surface area (Å²) in [5, 5.41) is 29.3. The van der Waals surface area contributed by atoms with Gasteiger partial charge in [-0.1, -0.05) is 27.7 Å². The topological polar surface area (TPSA) is 136 Å². The smallest absolute Gasteiger partial charge is 0.259 e. The molecule has 180 valence electrons. The molecule has 0 saturated carbocycles. The predicted molar refractivity (Wildman–Crippen MR) is 124 cm³/mol. The molecule has 1 aromatic heterocycles. The maximum Gasteiger partial charge on any atom is 0.259 e. The molecule has 0 fully saturated rings. The fourth-order valence-electron chi connectivity index (χ4n) is 3.33. The number of nitrogens with zero attached hydrogens (tertiary/aromatic N) is 3. The number of thiazole rings is 1. The van der Waals surface area contributed by atoms with Crippen molar-refractivity contribution >= 4 is 27.2 Å². The van der Waals surface area contributed by atoms with Crippen molar-refractivity contribution in [3.05, 3.63) is 45.3 Å². The Labute approximate surface area is 197 Å². The molecule has 11 heteroatoms. The number of amides is 1. The molecule has 0 saturated heterocycles. The highest BCUT2D eigenvalue weighted by Crippen LogP contribution is 2.33. The number of hydrogen-bond donors (Lipinski definition) is 3. The van der Waals surface area contributed by atoms with Gasteiger partial charge in [-0.3, -0.25) is 4.79 Å². The first-order valence-electron chi connectivity index (χ1n) is 10.3. The first-order chi connectivity index (χ1) is 15.2. The Morgan fingerprint density at radius 2 is 1.85 bits per heavy atom. The van der Waals surface area contributed by atoms with E-state index >= 15 is 0 Å². The number of carbonyl (C=O) groups excluding carboxylic acids is 1. The average Bonchev–Trinajstić information content (AvgIpc) is 3.14. The molecule has 2 rings (SSSR count). The van der Waals surface area contributed by atoms with Crippen LogP contribution in [0, 0.1) is 17.3 Å². The average molecular weight is 497 g/mol. The quantitative estimate of drug-likeness (QED) is 0.375. The van der Waals surface area contributed by atoms with Crippen LogP contribution in [0.25, 0.3) is 0 Å². The SMILES string of the molecule is CC(C)c1cc(F)cc(C(C)C)c1CC(=O)N=S(=O)(NC#N)c1sc(C(C)(C)O)nc1CO. The number of benzene rings is 1. The van der Waals surface area contributed by atoms with Crippen molar-refractivity contribution in [1.82, 2.24) is 9.71 Å². The molecule has 0 aliphatic carbocycles. The minimum atomic E-state index is -3.82. The zero-order valence-electron chi connectivity index (χ0n) is 19.5. The van der Waals surface area contributed by atoms with Crippen molar-refractivity contribution < 1.29 is 23.6 Å². The number of halogens is 1. The molecule has 1 heterocycles. The highest BCUT2D eigenvalue weighted by molar-refractivity contribution is 7.94. The second-order valence-electron chi connectivity index (χ2n) is 8.74. The Morgan fingerprint density at radius 3 is 2.27 bits per heavy atom. The van der Waals surface area contributed by atoms with Crippen LogP contribution in [0.3, 0.4) is 0 Å². The van der Waals surface area contributed by atoms with Gasteiger partial charge in [0, 0.05) is 0 Å². The van der Waals surface area contributed by atoms with Crippen LogP contribution in [0.1, 0.15) is 80.8 Å². The third kappa shape index (κ3) is 6.14. The van der Waals surface area contributed by atoms with E-state index in [2.05, 4.69) is 14.1 Å². The number of carbonyl (C=O) groups is 1. The first-order valence-corrected chi connectivity index (χ1v) is 12.7. The Balaban J connectivity index is 2.64. The normalized spacial score (nSPS) is 13.6. The molecule has 33 heavy (non-hydrogen) atoms. The first kappa shape index (κ1) is 26.9. The van der Waals surface area contributed by atoms with Crippen LogP contribution in [0.2, 0.25) is 0 Å². The summed E-state index contributed by atoms with van der Waals surface area (Å²) < 4.78 is 33.6. The van der Waals surface area contributed by atoms with Gasteiger partial charge in [0.25, 0.3) is 5.91 Å². The summed E-state index contributed by atoms with van der Waals surface area (Å²) in [4.78, 5) is 17.1. The minimum absolute atomic E-state index is 0.0473. The zero-order valence-corrected chi connectivity index (χ0v) is 21.1. The molecule has 1 amide bonds. The summed E-state index contributed by atoms with van der Waals surface area (Å²) in [6.45, 7) is 9.84. The molecule has 0 aliphatic heterocycles. The highest BCUT2D eigenvalue weighted by atomic mass is 32.2. The van der Waals surface area contributed by atoms with Gasteiger partial charge in [0.05, 0.1) is 18.7 Å².